The maximum Gasteiger partial charge on any atom is 0.411 e. The van der Waals surface area contributed by atoms with E-state index >= 15 is 0 Å². The Kier molecular flexibility index (Phi) is 3.59. The van der Waals surface area contributed by atoms with Crippen molar-refractivity contribution in [3.05, 3.63) is 0 Å². The number of rotatable bonds is 5. The number of hydrogen-bond donors (Lipinski definition) is 2. The van der Waals surface area contributed by atoms with E-state index in [0.717, 1.165) is 0 Å². The van der Waals surface area contributed by atoms with Crippen LogP contribution in [0.4, 0.5) is 13.2 Å². The van der Waals surface area contributed by atoms with Crippen molar-refractivity contribution in [2.45, 2.75) is 37.4 Å². The first-order valence-corrected chi connectivity index (χ1v) is 4.94. The first kappa shape index (κ1) is 12.3. The Morgan fingerprint density at radius 2 is 2.00 bits per heavy atom. The lowest BCUT2D eigenvalue weighted by Crippen LogP contribution is -2.47. The van der Waals surface area contributed by atoms with E-state index in [1.165, 1.54) is 0 Å². The van der Waals surface area contributed by atoms with E-state index in [0.29, 0.717) is 13.0 Å². The quantitative estimate of drug-likeness (QED) is 0.689. The molecule has 0 unspecified atom stereocenters. The molecule has 1 fully saturated rings. The summed E-state index contributed by atoms with van der Waals surface area (Å²) in [5.41, 5.74) is -1.91. The lowest BCUT2D eigenvalue weighted by molar-refractivity contribution is -0.170. The molecule has 15 heavy (non-hydrogen) atoms. The van der Waals surface area contributed by atoms with Crippen LogP contribution in [-0.4, -0.2) is 31.2 Å². The third kappa shape index (κ3) is 3.09. The first-order valence-electron chi connectivity index (χ1n) is 4.94. The third-order valence-corrected chi connectivity index (χ3v) is 2.50. The second kappa shape index (κ2) is 4.38. The smallest absolute Gasteiger partial charge is 0.342 e. The van der Waals surface area contributed by atoms with Gasteiger partial charge in [0.15, 0.2) is 0 Å². The van der Waals surface area contributed by atoms with E-state index in [1.807, 2.05) is 0 Å². The van der Waals surface area contributed by atoms with Gasteiger partial charge in [-0.15, -0.1) is 0 Å². The molecule has 0 aromatic heterocycles. The number of alkyl halides is 3. The summed E-state index contributed by atoms with van der Waals surface area (Å²) >= 11 is 0. The van der Waals surface area contributed by atoms with Crippen molar-refractivity contribution in [3.63, 3.8) is 0 Å². The molecule has 88 valence electrons. The molecule has 0 aromatic rings. The molecule has 2 N–H and O–H groups in total. The lowest BCUT2D eigenvalue weighted by Gasteiger charge is -2.20. The van der Waals surface area contributed by atoms with E-state index in [9.17, 15) is 18.0 Å². The molecule has 1 rings (SSSR count). The fraction of sp³-hybridized carbons (Fsp3) is 0.889. The van der Waals surface area contributed by atoms with Gasteiger partial charge < -0.3 is 10.6 Å². The Morgan fingerprint density at radius 1 is 1.40 bits per heavy atom. The van der Waals surface area contributed by atoms with Crippen molar-refractivity contribution in [2.24, 2.45) is 0 Å². The summed E-state index contributed by atoms with van der Waals surface area (Å²) in [6.07, 6.45) is -3.61. The van der Waals surface area contributed by atoms with Crippen LogP contribution in [0.1, 0.15) is 25.7 Å². The average molecular weight is 224 g/mol. The number of carbonyl (C=O) groups is 1. The zero-order valence-electron chi connectivity index (χ0n) is 8.58. The summed E-state index contributed by atoms with van der Waals surface area (Å²) in [7, 11) is 1.73. The summed E-state index contributed by atoms with van der Waals surface area (Å²) in [6.45, 7) is 0.631. The van der Waals surface area contributed by atoms with Gasteiger partial charge in [-0.2, -0.15) is 13.2 Å². The van der Waals surface area contributed by atoms with Gasteiger partial charge in [0.1, 0.15) is 5.54 Å². The lowest BCUT2D eigenvalue weighted by atomic mass is 10.2. The van der Waals surface area contributed by atoms with Gasteiger partial charge in [-0.25, -0.2) is 0 Å². The van der Waals surface area contributed by atoms with Crippen LogP contribution in [0.5, 0.6) is 0 Å². The molecular weight excluding hydrogens is 209 g/mol. The van der Waals surface area contributed by atoms with Gasteiger partial charge in [-0.3, -0.25) is 4.79 Å². The highest BCUT2D eigenvalue weighted by Gasteiger charge is 2.64. The van der Waals surface area contributed by atoms with Gasteiger partial charge >= 0.3 is 6.18 Å². The van der Waals surface area contributed by atoms with E-state index < -0.39 is 17.6 Å². The molecular formula is C9H15F3N2O. The van der Waals surface area contributed by atoms with Crippen molar-refractivity contribution in [1.29, 1.82) is 0 Å². The van der Waals surface area contributed by atoms with Crippen molar-refractivity contribution < 1.29 is 18.0 Å². The molecule has 0 aliphatic heterocycles. The Hall–Kier alpha value is -0.780. The summed E-state index contributed by atoms with van der Waals surface area (Å²) in [5.74, 6) is -0.514. The van der Waals surface area contributed by atoms with E-state index in [1.54, 1.807) is 7.05 Å². The predicted molar refractivity (Wildman–Crippen MR) is 49.3 cm³/mol. The van der Waals surface area contributed by atoms with Gasteiger partial charge in [-0.1, -0.05) is 0 Å². The van der Waals surface area contributed by atoms with Crippen molar-refractivity contribution >= 4 is 5.91 Å². The minimum atomic E-state index is -4.31. The molecule has 6 heteroatoms. The molecule has 1 aliphatic rings. The minimum Gasteiger partial charge on any atom is -0.342 e. The van der Waals surface area contributed by atoms with Crippen LogP contribution in [-0.2, 0) is 4.79 Å². The van der Waals surface area contributed by atoms with Gasteiger partial charge in [0.2, 0.25) is 5.91 Å². The topological polar surface area (TPSA) is 41.1 Å². The zero-order chi connectivity index (χ0) is 11.5. The van der Waals surface area contributed by atoms with Gasteiger partial charge in [-0.05, 0) is 32.9 Å². The Morgan fingerprint density at radius 3 is 2.40 bits per heavy atom. The Balaban J connectivity index is 2.32. The summed E-state index contributed by atoms with van der Waals surface area (Å²) < 4.78 is 37.3. The molecule has 0 radical (unpaired) electrons. The van der Waals surface area contributed by atoms with Crippen molar-refractivity contribution in [3.8, 4) is 0 Å². The Bertz CT molecular complexity index is 236. The van der Waals surface area contributed by atoms with Crippen LogP contribution in [0.2, 0.25) is 0 Å². The number of halogens is 3. The molecule has 0 heterocycles. The predicted octanol–water partition coefficient (Wildman–Crippen LogP) is 1.20. The Labute approximate surface area is 86.4 Å². The molecule has 3 nitrogen and oxygen atoms in total. The van der Waals surface area contributed by atoms with Gasteiger partial charge in [0.05, 0.1) is 0 Å². The van der Waals surface area contributed by atoms with Gasteiger partial charge in [0, 0.05) is 6.42 Å². The van der Waals surface area contributed by atoms with E-state index in [4.69, 9.17) is 0 Å². The molecule has 1 saturated carbocycles. The zero-order valence-corrected chi connectivity index (χ0v) is 8.58. The number of amides is 1. The standard InChI is InChI=1S/C9H15F3N2O/c1-13-6-2-3-7(15)14-8(4-5-8)9(10,11)12/h13H,2-6H2,1H3,(H,14,15). The molecule has 0 aromatic carbocycles. The monoisotopic (exact) mass is 224 g/mol. The third-order valence-electron chi connectivity index (χ3n) is 2.50. The maximum absolute atomic E-state index is 12.4. The van der Waals surface area contributed by atoms with Crippen LogP contribution in [0.15, 0.2) is 0 Å². The molecule has 0 saturated heterocycles. The van der Waals surface area contributed by atoms with Gasteiger partial charge in [0.25, 0.3) is 0 Å². The molecule has 1 amide bonds. The fourth-order valence-corrected chi connectivity index (χ4v) is 1.36. The second-order valence-electron chi connectivity index (χ2n) is 3.84. The number of carbonyl (C=O) groups excluding carboxylic acids is 1. The largest absolute Gasteiger partial charge is 0.411 e. The number of nitrogens with one attached hydrogen (secondary N) is 2. The van der Waals surface area contributed by atoms with E-state index in [-0.39, 0.29) is 19.3 Å². The SMILES string of the molecule is CNCCCC(=O)NC1(C(F)(F)F)CC1. The highest BCUT2D eigenvalue weighted by atomic mass is 19.4. The van der Waals surface area contributed by atoms with Crippen molar-refractivity contribution in [2.75, 3.05) is 13.6 Å². The fourth-order valence-electron chi connectivity index (χ4n) is 1.36. The summed E-state index contributed by atoms with van der Waals surface area (Å²) in [4.78, 5) is 11.2. The number of hydrogen-bond acceptors (Lipinski definition) is 2. The molecule has 0 bridgehead atoms. The van der Waals surface area contributed by atoms with Crippen LogP contribution in [0.25, 0.3) is 0 Å². The summed E-state index contributed by atoms with van der Waals surface area (Å²) in [5, 5.41) is 4.90. The average Bonchev–Trinajstić information content (AvgIpc) is 2.84. The molecule has 0 spiro atoms. The molecule has 1 aliphatic carbocycles. The van der Waals surface area contributed by atoms with Crippen molar-refractivity contribution in [1.82, 2.24) is 10.6 Å². The maximum atomic E-state index is 12.4. The van der Waals surface area contributed by atoms with Crippen LogP contribution in [0, 0.1) is 0 Å². The highest BCUT2D eigenvalue weighted by Crippen LogP contribution is 2.48. The minimum absolute atomic E-state index is 0.00820. The highest BCUT2D eigenvalue weighted by molar-refractivity contribution is 5.77. The second-order valence-corrected chi connectivity index (χ2v) is 3.84. The first-order chi connectivity index (χ1) is 6.91. The normalized spacial score (nSPS) is 18.7. The molecule has 0 atom stereocenters. The van der Waals surface area contributed by atoms with Crippen LogP contribution >= 0.6 is 0 Å². The van der Waals surface area contributed by atoms with Crippen LogP contribution < -0.4 is 10.6 Å². The summed E-state index contributed by atoms with van der Waals surface area (Å²) in [6, 6.07) is 0. The van der Waals surface area contributed by atoms with Crippen LogP contribution in [0.3, 0.4) is 0 Å². The van der Waals surface area contributed by atoms with E-state index in [2.05, 4.69) is 10.6 Å².